The maximum atomic E-state index is 4.25. The quantitative estimate of drug-likeness (QED) is 0.479. The summed E-state index contributed by atoms with van der Waals surface area (Å²) >= 11 is 0. The second kappa shape index (κ2) is 16.9. The van der Waals surface area contributed by atoms with Crippen LogP contribution in [0.4, 0.5) is 0 Å². The highest BCUT2D eigenvalue weighted by atomic mass is 16.4. The van der Waals surface area contributed by atoms with Crippen LogP contribution in [0.3, 0.4) is 0 Å². The van der Waals surface area contributed by atoms with E-state index in [1.54, 1.807) is 19.8 Å². The van der Waals surface area contributed by atoms with Gasteiger partial charge in [0, 0.05) is 14.2 Å². The Morgan fingerprint density at radius 3 is 2.10 bits per heavy atom. The Morgan fingerprint density at radius 1 is 0.967 bits per heavy atom. The fourth-order valence-corrected chi connectivity index (χ4v) is 4.28. The summed E-state index contributed by atoms with van der Waals surface area (Å²) in [6.45, 7) is 16.5. The zero-order valence-electron chi connectivity index (χ0n) is 20.9. The van der Waals surface area contributed by atoms with Crippen LogP contribution in [0.2, 0.25) is 0 Å². The first-order valence-electron chi connectivity index (χ1n) is 11.8. The summed E-state index contributed by atoms with van der Waals surface area (Å²) < 4.78 is 4.25. The molecule has 1 saturated carbocycles. The van der Waals surface area contributed by atoms with Crippen molar-refractivity contribution in [2.75, 3.05) is 14.2 Å². The Balaban J connectivity index is 0.00000108. The fraction of sp³-hybridized carbons (Fsp3) is 0.517. The lowest BCUT2D eigenvalue weighted by atomic mass is 9.81. The maximum absolute atomic E-state index is 4.25. The van der Waals surface area contributed by atoms with Gasteiger partial charge in [0.2, 0.25) is 0 Å². The molecule has 0 aromatic heterocycles. The third-order valence-corrected chi connectivity index (χ3v) is 5.56. The molecule has 3 rings (SSSR count). The monoisotopic (exact) mass is 410 g/mol. The molecule has 1 fully saturated rings. The summed E-state index contributed by atoms with van der Waals surface area (Å²) in [5.41, 5.74) is 5.61. The van der Waals surface area contributed by atoms with E-state index in [9.17, 15) is 0 Å². The molecule has 3 unspecified atom stereocenters. The van der Waals surface area contributed by atoms with Crippen molar-refractivity contribution < 1.29 is 4.74 Å². The molecule has 0 amide bonds. The van der Waals surface area contributed by atoms with Gasteiger partial charge < -0.3 is 4.74 Å². The second-order valence-electron chi connectivity index (χ2n) is 7.65. The number of benzene rings is 2. The number of aryl methyl sites for hydroxylation is 2. The van der Waals surface area contributed by atoms with Crippen LogP contribution in [0.15, 0.2) is 55.1 Å². The molecule has 0 radical (unpaired) electrons. The van der Waals surface area contributed by atoms with Gasteiger partial charge in [0.05, 0.1) is 0 Å². The van der Waals surface area contributed by atoms with E-state index in [4.69, 9.17) is 0 Å². The van der Waals surface area contributed by atoms with Crippen molar-refractivity contribution in [3.05, 3.63) is 77.4 Å². The number of methoxy groups -OCH3 is 1. The van der Waals surface area contributed by atoms with E-state index in [1.165, 1.54) is 42.4 Å². The minimum absolute atomic E-state index is 0.738. The van der Waals surface area contributed by atoms with Crippen LogP contribution < -0.4 is 0 Å². The van der Waals surface area contributed by atoms with Gasteiger partial charge >= 0.3 is 0 Å². The molecule has 0 aliphatic heterocycles. The van der Waals surface area contributed by atoms with E-state index < -0.39 is 0 Å². The molecule has 0 saturated heterocycles. The molecular weight excluding hydrogens is 364 g/mol. The normalized spacial score (nSPS) is 19.3. The predicted molar refractivity (Wildman–Crippen MR) is 136 cm³/mol. The van der Waals surface area contributed by atoms with E-state index in [0.29, 0.717) is 0 Å². The molecule has 1 aliphatic rings. The van der Waals surface area contributed by atoms with Crippen molar-refractivity contribution in [1.29, 1.82) is 0 Å². The van der Waals surface area contributed by atoms with Crippen LogP contribution in [-0.4, -0.2) is 14.2 Å². The first-order chi connectivity index (χ1) is 14.6. The second-order valence-corrected chi connectivity index (χ2v) is 7.65. The Kier molecular flexibility index (Phi) is 15.8. The van der Waals surface area contributed by atoms with E-state index in [-0.39, 0.29) is 0 Å². The van der Waals surface area contributed by atoms with Crippen LogP contribution in [0.25, 0.3) is 6.08 Å². The van der Waals surface area contributed by atoms with Crippen LogP contribution in [0.1, 0.15) is 82.1 Å². The van der Waals surface area contributed by atoms with Crippen molar-refractivity contribution in [1.82, 2.24) is 0 Å². The van der Waals surface area contributed by atoms with Gasteiger partial charge in [-0.05, 0) is 67.1 Å². The number of ether oxygens (including phenoxy) is 1. The van der Waals surface area contributed by atoms with Gasteiger partial charge in [-0.15, -0.1) is 0 Å². The van der Waals surface area contributed by atoms with Crippen LogP contribution >= 0.6 is 0 Å². The third kappa shape index (κ3) is 9.30. The SMILES string of the molecule is C=Cc1ccc(CCC2CCC(C)C2c2cccc(C)c2)cc1.CC.CC.COC. The summed E-state index contributed by atoms with van der Waals surface area (Å²) in [5, 5.41) is 0. The van der Waals surface area contributed by atoms with Crippen LogP contribution in [-0.2, 0) is 11.2 Å². The van der Waals surface area contributed by atoms with Crippen molar-refractivity contribution >= 4 is 6.08 Å². The van der Waals surface area contributed by atoms with Crippen LogP contribution in [0.5, 0.6) is 0 Å². The lowest BCUT2D eigenvalue weighted by molar-refractivity contribution is 0.277. The summed E-state index contributed by atoms with van der Waals surface area (Å²) in [6.07, 6.45) is 7.16. The van der Waals surface area contributed by atoms with Gasteiger partial charge in [0.25, 0.3) is 0 Å². The molecule has 0 bridgehead atoms. The van der Waals surface area contributed by atoms with Gasteiger partial charge in [-0.25, -0.2) is 0 Å². The average Bonchev–Trinajstić information content (AvgIpc) is 3.16. The molecule has 1 nitrogen and oxygen atoms in total. The molecule has 2 aromatic rings. The molecule has 1 heteroatoms. The Morgan fingerprint density at radius 2 is 1.57 bits per heavy atom. The fourth-order valence-electron chi connectivity index (χ4n) is 4.28. The molecule has 3 atom stereocenters. The predicted octanol–water partition coefficient (Wildman–Crippen LogP) is 8.72. The average molecular weight is 411 g/mol. The summed E-state index contributed by atoms with van der Waals surface area (Å²) in [7, 11) is 3.25. The molecule has 168 valence electrons. The number of rotatable bonds is 5. The van der Waals surface area contributed by atoms with Crippen molar-refractivity contribution in [3.63, 3.8) is 0 Å². The Hall–Kier alpha value is -1.86. The smallest absolute Gasteiger partial charge is 0.0351 e. The van der Waals surface area contributed by atoms with Crippen molar-refractivity contribution in [3.8, 4) is 0 Å². The van der Waals surface area contributed by atoms with Crippen LogP contribution in [0, 0.1) is 18.8 Å². The van der Waals surface area contributed by atoms with E-state index in [2.05, 4.69) is 73.7 Å². The lowest BCUT2D eigenvalue weighted by Crippen LogP contribution is -2.12. The highest BCUT2D eigenvalue weighted by Crippen LogP contribution is 2.46. The zero-order valence-corrected chi connectivity index (χ0v) is 20.9. The third-order valence-electron chi connectivity index (χ3n) is 5.56. The standard InChI is InChI=1S/C23H28.C2H6O.2C2H6/c1-4-19-9-11-20(12-10-19)13-15-21-14-8-18(3)23(21)22-7-5-6-17(2)16-22;1-3-2;2*1-2/h4-7,9-12,16,18,21,23H,1,8,13-15H2,2-3H3;1-2H3;2*1-2H3. The molecule has 0 heterocycles. The van der Waals surface area contributed by atoms with Crippen molar-refractivity contribution in [2.45, 2.75) is 73.1 Å². The van der Waals surface area contributed by atoms with Gasteiger partial charge in [-0.3, -0.25) is 0 Å². The van der Waals surface area contributed by atoms with E-state index in [0.717, 1.165) is 17.8 Å². The zero-order chi connectivity index (χ0) is 22.9. The Bertz CT molecular complexity index is 671. The highest BCUT2D eigenvalue weighted by molar-refractivity contribution is 5.47. The molecule has 1 aliphatic carbocycles. The summed E-state index contributed by atoms with van der Waals surface area (Å²) in [5.74, 6) is 2.37. The summed E-state index contributed by atoms with van der Waals surface area (Å²) in [4.78, 5) is 0. The topological polar surface area (TPSA) is 9.23 Å². The number of hydrogen-bond donors (Lipinski definition) is 0. The molecule has 0 N–H and O–H groups in total. The highest BCUT2D eigenvalue weighted by Gasteiger charge is 2.33. The minimum atomic E-state index is 0.738. The van der Waals surface area contributed by atoms with Crippen molar-refractivity contribution in [2.24, 2.45) is 11.8 Å². The minimum Gasteiger partial charge on any atom is -0.388 e. The largest absolute Gasteiger partial charge is 0.388 e. The first kappa shape index (κ1) is 28.1. The molecule has 0 spiro atoms. The lowest BCUT2D eigenvalue weighted by Gasteiger charge is -2.24. The molecular formula is C29H46O. The Labute approximate surface area is 187 Å². The van der Waals surface area contributed by atoms with Gasteiger partial charge in [0.1, 0.15) is 0 Å². The summed E-state index contributed by atoms with van der Waals surface area (Å²) in [6, 6.07) is 18.0. The van der Waals surface area contributed by atoms with Gasteiger partial charge in [0.15, 0.2) is 0 Å². The van der Waals surface area contributed by atoms with E-state index in [1.807, 2.05) is 33.8 Å². The number of hydrogen-bond acceptors (Lipinski definition) is 1. The van der Waals surface area contributed by atoms with Gasteiger partial charge in [-0.1, -0.05) is 101 Å². The van der Waals surface area contributed by atoms with Gasteiger partial charge in [-0.2, -0.15) is 0 Å². The van der Waals surface area contributed by atoms with E-state index >= 15 is 0 Å². The first-order valence-corrected chi connectivity index (χ1v) is 11.8. The molecule has 30 heavy (non-hydrogen) atoms. The molecule has 2 aromatic carbocycles. The maximum Gasteiger partial charge on any atom is 0.0351 e.